The molecule has 0 aliphatic carbocycles. The van der Waals surface area contributed by atoms with E-state index < -0.39 is 23.8 Å². The van der Waals surface area contributed by atoms with Crippen molar-refractivity contribution in [2.45, 2.75) is 104 Å². The quantitative estimate of drug-likeness (QED) is 0.267. The summed E-state index contributed by atoms with van der Waals surface area (Å²) in [4.78, 5) is 41.2. The summed E-state index contributed by atoms with van der Waals surface area (Å²) < 4.78 is 5.33. The molecule has 0 aliphatic rings. The zero-order chi connectivity index (χ0) is 27.1. The molecule has 0 saturated carbocycles. The highest BCUT2D eigenvalue weighted by Gasteiger charge is 2.35. The second-order valence-electron chi connectivity index (χ2n) is 10.1. The molecule has 1 aromatic carbocycles. The Morgan fingerprint density at radius 2 is 1.67 bits per heavy atom. The number of hydrogen-bond donors (Lipinski definition) is 2. The third kappa shape index (κ3) is 10.7. The maximum atomic E-state index is 13.7. The predicted octanol–water partition coefficient (Wildman–Crippen LogP) is 5.34. The number of nitrogens with one attached hydrogen (secondary N) is 2. The van der Waals surface area contributed by atoms with E-state index in [-0.39, 0.29) is 11.8 Å². The van der Waals surface area contributed by atoms with Crippen molar-refractivity contribution in [3.63, 3.8) is 0 Å². The summed E-state index contributed by atoms with van der Waals surface area (Å²) in [7, 11) is 0. The monoisotopic (exact) mass is 499 g/mol. The van der Waals surface area contributed by atoms with E-state index in [1.165, 1.54) is 0 Å². The Balaban J connectivity index is 3.33. The van der Waals surface area contributed by atoms with E-state index in [9.17, 15) is 14.4 Å². The van der Waals surface area contributed by atoms with Gasteiger partial charge in [-0.1, -0.05) is 70.1 Å². The summed E-state index contributed by atoms with van der Waals surface area (Å²) >= 11 is 0. The zero-order valence-electron chi connectivity index (χ0n) is 23.0. The smallest absolute Gasteiger partial charge is 0.408 e. The van der Waals surface area contributed by atoms with Gasteiger partial charge in [0, 0.05) is 18.7 Å². The number of terminal acetylenes is 1. The lowest BCUT2D eigenvalue weighted by atomic mass is 9.97. The van der Waals surface area contributed by atoms with Crippen LogP contribution in [0.15, 0.2) is 24.3 Å². The lowest BCUT2D eigenvalue weighted by Crippen LogP contribution is -2.52. The minimum atomic E-state index is -0.907. The maximum absolute atomic E-state index is 13.7. The van der Waals surface area contributed by atoms with E-state index in [0.29, 0.717) is 24.2 Å². The molecule has 0 radical (unpaired) electrons. The Kier molecular flexibility index (Phi) is 13.7. The number of carbonyl (C=O) groups excluding carboxylic acids is 3. The fraction of sp³-hybridized carbons (Fsp3) is 0.621. The summed E-state index contributed by atoms with van der Waals surface area (Å²) in [5, 5.41) is 5.63. The van der Waals surface area contributed by atoms with E-state index in [1.807, 2.05) is 12.1 Å². The molecule has 7 nitrogen and oxygen atoms in total. The largest absolute Gasteiger partial charge is 0.444 e. The average Bonchev–Trinajstić information content (AvgIpc) is 2.82. The minimum absolute atomic E-state index is 0.276. The number of nitrogens with zero attached hydrogens (tertiary/aromatic N) is 1. The van der Waals surface area contributed by atoms with Crippen LogP contribution < -0.4 is 10.6 Å². The first-order valence-electron chi connectivity index (χ1n) is 13.2. The zero-order valence-corrected chi connectivity index (χ0v) is 23.0. The number of carbonyl (C=O) groups is 3. The van der Waals surface area contributed by atoms with Crippen LogP contribution in [0.5, 0.6) is 0 Å². The normalized spacial score (nSPS) is 12.7. The van der Waals surface area contributed by atoms with Crippen LogP contribution in [0.1, 0.15) is 104 Å². The standard InChI is InChI=1S/C29H45N3O4/c1-8-11-13-17-21-32(27(34)22(4)31-28(35)36-29(5,6)7)25(26(33)30-20-16-12-9-2)24-19-15-14-18-23(24)10-3/h3,14-15,18-19,22,25H,8-9,11-13,16-17,20-21H2,1-2,4-7H3,(H,30,33)(H,31,35). The maximum Gasteiger partial charge on any atom is 0.408 e. The minimum Gasteiger partial charge on any atom is -0.444 e. The fourth-order valence-corrected chi connectivity index (χ4v) is 3.87. The molecule has 0 spiro atoms. The SMILES string of the molecule is C#Cc1ccccc1C(C(=O)NCCCCC)N(CCCCCC)C(=O)C(C)NC(=O)OC(C)(C)C. The van der Waals surface area contributed by atoms with Crippen molar-refractivity contribution < 1.29 is 19.1 Å². The van der Waals surface area contributed by atoms with Crippen molar-refractivity contribution in [2.24, 2.45) is 0 Å². The van der Waals surface area contributed by atoms with Gasteiger partial charge in [0.25, 0.3) is 0 Å². The Labute approximate surface area is 217 Å². The Hall–Kier alpha value is -3.01. The molecule has 3 amide bonds. The topological polar surface area (TPSA) is 87.7 Å². The highest BCUT2D eigenvalue weighted by molar-refractivity contribution is 5.92. The van der Waals surface area contributed by atoms with Crippen LogP contribution in [-0.2, 0) is 14.3 Å². The van der Waals surface area contributed by atoms with Gasteiger partial charge in [0.1, 0.15) is 17.7 Å². The molecule has 0 saturated heterocycles. The first kappa shape index (κ1) is 31.0. The van der Waals surface area contributed by atoms with Crippen molar-refractivity contribution >= 4 is 17.9 Å². The van der Waals surface area contributed by atoms with E-state index in [1.54, 1.807) is 44.7 Å². The van der Waals surface area contributed by atoms with Crippen molar-refractivity contribution in [3.05, 3.63) is 35.4 Å². The molecule has 0 heterocycles. The number of hydrogen-bond acceptors (Lipinski definition) is 4. The van der Waals surface area contributed by atoms with E-state index >= 15 is 0 Å². The molecule has 0 fully saturated rings. The molecular weight excluding hydrogens is 454 g/mol. The molecule has 2 atom stereocenters. The molecule has 7 heteroatoms. The molecule has 0 aliphatic heterocycles. The van der Waals surface area contributed by atoms with Gasteiger partial charge in [-0.3, -0.25) is 9.59 Å². The Morgan fingerprint density at radius 3 is 2.28 bits per heavy atom. The van der Waals surface area contributed by atoms with Crippen molar-refractivity contribution in [3.8, 4) is 12.3 Å². The lowest BCUT2D eigenvalue weighted by molar-refractivity contribution is -0.142. The fourth-order valence-electron chi connectivity index (χ4n) is 3.87. The van der Waals surface area contributed by atoms with Crippen LogP contribution in [-0.4, -0.2) is 47.5 Å². The van der Waals surface area contributed by atoms with Gasteiger partial charge in [-0.2, -0.15) is 0 Å². The van der Waals surface area contributed by atoms with Crippen molar-refractivity contribution in [2.75, 3.05) is 13.1 Å². The number of alkyl carbamates (subject to hydrolysis) is 1. The van der Waals surface area contributed by atoms with Gasteiger partial charge < -0.3 is 20.3 Å². The summed E-state index contributed by atoms with van der Waals surface area (Å²) in [5.41, 5.74) is 0.464. The Bertz CT molecular complexity index is 885. The van der Waals surface area contributed by atoms with E-state index in [2.05, 4.69) is 30.4 Å². The number of rotatable bonds is 14. The number of unbranched alkanes of at least 4 members (excludes halogenated alkanes) is 5. The summed E-state index contributed by atoms with van der Waals surface area (Å²) in [6, 6.07) is 5.40. The van der Waals surface area contributed by atoms with Gasteiger partial charge in [-0.15, -0.1) is 6.42 Å². The van der Waals surface area contributed by atoms with Gasteiger partial charge in [0.05, 0.1) is 0 Å². The van der Waals surface area contributed by atoms with Crippen LogP contribution in [0.3, 0.4) is 0 Å². The van der Waals surface area contributed by atoms with Crippen LogP contribution in [0.4, 0.5) is 4.79 Å². The molecule has 2 N–H and O–H groups in total. The molecule has 1 rings (SSSR count). The number of amides is 3. The predicted molar refractivity (Wildman–Crippen MR) is 144 cm³/mol. The first-order chi connectivity index (χ1) is 17.1. The highest BCUT2D eigenvalue weighted by Crippen LogP contribution is 2.26. The van der Waals surface area contributed by atoms with Gasteiger partial charge in [0.2, 0.25) is 11.8 Å². The van der Waals surface area contributed by atoms with E-state index in [4.69, 9.17) is 11.2 Å². The summed E-state index contributed by atoms with van der Waals surface area (Å²) in [5.74, 6) is 2.02. The number of benzene rings is 1. The molecule has 36 heavy (non-hydrogen) atoms. The summed E-state index contributed by atoms with van der Waals surface area (Å²) in [6.45, 7) is 12.0. The highest BCUT2D eigenvalue weighted by atomic mass is 16.6. The molecule has 1 aromatic rings. The van der Waals surface area contributed by atoms with Gasteiger partial charge in [-0.05, 0) is 52.2 Å². The summed E-state index contributed by atoms with van der Waals surface area (Å²) in [6.07, 6.45) is 11.7. The van der Waals surface area contributed by atoms with Crippen LogP contribution in [0.25, 0.3) is 0 Å². The number of ether oxygens (including phenoxy) is 1. The lowest BCUT2D eigenvalue weighted by Gasteiger charge is -2.34. The third-order valence-electron chi connectivity index (χ3n) is 5.69. The molecular formula is C29H45N3O4. The van der Waals surface area contributed by atoms with Gasteiger partial charge in [0.15, 0.2) is 0 Å². The second kappa shape index (κ2) is 15.9. The molecule has 200 valence electrons. The second-order valence-corrected chi connectivity index (χ2v) is 10.1. The third-order valence-corrected chi connectivity index (χ3v) is 5.69. The molecule has 0 aromatic heterocycles. The van der Waals surface area contributed by atoms with Crippen LogP contribution in [0, 0.1) is 12.3 Å². The molecule has 2 unspecified atom stereocenters. The van der Waals surface area contributed by atoms with Crippen LogP contribution in [0.2, 0.25) is 0 Å². The van der Waals surface area contributed by atoms with Crippen molar-refractivity contribution in [1.82, 2.24) is 15.5 Å². The van der Waals surface area contributed by atoms with Crippen molar-refractivity contribution in [1.29, 1.82) is 0 Å². The average molecular weight is 500 g/mol. The Morgan fingerprint density at radius 1 is 1.03 bits per heavy atom. The van der Waals surface area contributed by atoms with Gasteiger partial charge in [-0.25, -0.2) is 4.79 Å². The first-order valence-corrected chi connectivity index (χ1v) is 13.2. The van der Waals surface area contributed by atoms with E-state index in [0.717, 1.165) is 44.9 Å². The molecule has 0 bridgehead atoms. The van der Waals surface area contributed by atoms with Crippen LogP contribution >= 0.6 is 0 Å². The van der Waals surface area contributed by atoms with Gasteiger partial charge >= 0.3 is 6.09 Å².